The third-order valence-electron chi connectivity index (χ3n) is 3.17. The van der Waals surface area contributed by atoms with Crippen LogP contribution in [0.15, 0.2) is 18.3 Å². The van der Waals surface area contributed by atoms with Gasteiger partial charge in [-0.2, -0.15) is 0 Å². The molecule has 0 aliphatic carbocycles. The van der Waals surface area contributed by atoms with E-state index in [4.69, 9.17) is 0 Å². The fourth-order valence-corrected chi connectivity index (χ4v) is 2.06. The van der Waals surface area contributed by atoms with Gasteiger partial charge in [-0.05, 0) is 38.6 Å². The van der Waals surface area contributed by atoms with Crippen molar-refractivity contribution in [3.63, 3.8) is 0 Å². The van der Waals surface area contributed by atoms with Gasteiger partial charge < -0.3 is 5.32 Å². The van der Waals surface area contributed by atoms with Crippen LogP contribution in [0.3, 0.4) is 0 Å². The molecule has 1 aromatic rings. The van der Waals surface area contributed by atoms with E-state index < -0.39 is 0 Å². The molecule has 1 aliphatic heterocycles. The lowest BCUT2D eigenvalue weighted by Gasteiger charge is -2.23. The van der Waals surface area contributed by atoms with Crippen molar-refractivity contribution in [3.05, 3.63) is 29.6 Å². The maximum absolute atomic E-state index is 4.43. The first kappa shape index (κ1) is 10.6. The SMILES string of the molecule is Cc1cccnc1CN(C)C1CCNC1. The third-order valence-corrected chi connectivity index (χ3v) is 3.17. The lowest BCUT2D eigenvalue weighted by molar-refractivity contribution is 0.245. The Morgan fingerprint density at radius 2 is 2.47 bits per heavy atom. The van der Waals surface area contributed by atoms with Gasteiger partial charge in [0.1, 0.15) is 0 Å². The molecule has 0 aromatic carbocycles. The molecule has 1 aromatic heterocycles. The fourth-order valence-electron chi connectivity index (χ4n) is 2.06. The molecule has 0 radical (unpaired) electrons. The van der Waals surface area contributed by atoms with Crippen molar-refractivity contribution in [1.82, 2.24) is 15.2 Å². The van der Waals surface area contributed by atoms with Gasteiger partial charge in [0.2, 0.25) is 0 Å². The van der Waals surface area contributed by atoms with Crippen molar-refractivity contribution >= 4 is 0 Å². The van der Waals surface area contributed by atoms with Crippen LogP contribution in [0.1, 0.15) is 17.7 Å². The van der Waals surface area contributed by atoms with Crippen LogP contribution < -0.4 is 5.32 Å². The van der Waals surface area contributed by atoms with E-state index in [1.807, 2.05) is 12.3 Å². The predicted octanol–water partition coefficient (Wildman–Crippen LogP) is 1.18. The lowest BCUT2D eigenvalue weighted by atomic mass is 10.2. The molecular formula is C12H19N3. The number of pyridine rings is 1. The molecule has 1 aliphatic rings. The van der Waals surface area contributed by atoms with Crippen LogP contribution in [0.2, 0.25) is 0 Å². The van der Waals surface area contributed by atoms with E-state index in [1.165, 1.54) is 17.7 Å². The van der Waals surface area contributed by atoms with Gasteiger partial charge in [0.15, 0.2) is 0 Å². The monoisotopic (exact) mass is 205 g/mol. The second kappa shape index (κ2) is 4.73. The Kier molecular flexibility index (Phi) is 3.34. The zero-order chi connectivity index (χ0) is 10.7. The van der Waals surface area contributed by atoms with Crippen molar-refractivity contribution < 1.29 is 0 Å². The highest BCUT2D eigenvalue weighted by atomic mass is 15.2. The predicted molar refractivity (Wildman–Crippen MR) is 61.7 cm³/mol. The standard InChI is InChI=1S/C12H19N3/c1-10-4-3-6-14-12(10)9-15(2)11-5-7-13-8-11/h3-4,6,11,13H,5,7-9H2,1-2H3. The molecule has 1 N–H and O–H groups in total. The van der Waals surface area contributed by atoms with Crippen LogP contribution in [-0.4, -0.2) is 36.1 Å². The molecule has 1 fully saturated rings. The normalized spacial score (nSPS) is 21.1. The average molecular weight is 205 g/mol. The first-order valence-electron chi connectivity index (χ1n) is 5.59. The van der Waals surface area contributed by atoms with Crippen molar-refractivity contribution in [3.8, 4) is 0 Å². The van der Waals surface area contributed by atoms with Gasteiger partial charge in [-0.15, -0.1) is 0 Å². The highest BCUT2D eigenvalue weighted by molar-refractivity contribution is 5.17. The topological polar surface area (TPSA) is 28.2 Å². The molecule has 1 atom stereocenters. The molecule has 1 unspecified atom stereocenters. The second-order valence-electron chi connectivity index (χ2n) is 4.33. The van der Waals surface area contributed by atoms with Crippen LogP contribution in [0.25, 0.3) is 0 Å². The van der Waals surface area contributed by atoms with Gasteiger partial charge >= 0.3 is 0 Å². The number of nitrogens with one attached hydrogen (secondary N) is 1. The number of aromatic nitrogens is 1. The molecule has 15 heavy (non-hydrogen) atoms. The number of nitrogens with zero attached hydrogens (tertiary/aromatic N) is 2. The molecule has 82 valence electrons. The van der Waals surface area contributed by atoms with Gasteiger partial charge in [-0.25, -0.2) is 0 Å². The van der Waals surface area contributed by atoms with Crippen LogP contribution in [-0.2, 0) is 6.54 Å². The molecule has 3 nitrogen and oxygen atoms in total. The van der Waals surface area contributed by atoms with Gasteiger partial charge in [0.05, 0.1) is 5.69 Å². The van der Waals surface area contributed by atoms with Crippen molar-refractivity contribution in [2.75, 3.05) is 20.1 Å². The van der Waals surface area contributed by atoms with Crippen LogP contribution in [0.4, 0.5) is 0 Å². The van der Waals surface area contributed by atoms with Crippen LogP contribution in [0, 0.1) is 6.92 Å². The van der Waals surface area contributed by atoms with Crippen molar-refractivity contribution in [1.29, 1.82) is 0 Å². The lowest BCUT2D eigenvalue weighted by Crippen LogP contribution is -2.33. The number of rotatable bonds is 3. The average Bonchev–Trinajstić information content (AvgIpc) is 2.74. The highest BCUT2D eigenvalue weighted by Gasteiger charge is 2.19. The smallest absolute Gasteiger partial charge is 0.0573 e. The minimum Gasteiger partial charge on any atom is -0.315 e. The van der Waals surface area contributed by atoms with Gasteiger partial charge in [0.25, 0.3) is 0 Å². The molecule has 2 heterocycles. The summed E-state index contributed by atoms with van der Waals surface area (Å²) in [5.41, 5.74) is 2.49. The molecule has 0 saturated carbocycles. The quantitative estimate of drug-likeness (QED) is 0.803. The number of likely N-dealkylation sites (N-methyl/N-ethyl adjacent to an activating group) is 1. The zero-order valence-electron chi connectivity index (χ0n) is 9.53. The first-order chi connectivity index (χ1) is 7.27. The minimum atomic E-state index is 0.673. The fraction of sp³-hybridized carbons (Fsp3) is 0.583. The second-order valence-corrected chi connectivity index (χ2v) is 4.33. The molecule has 0 spiro atoms. The molecule has 2 rings (SSSR count). The summed E-state index contributed by atoms with van der Waals surface area (Å²) in [5.74, 6) is 0. The van der Waals surface area contributed by atoms with E-state index in [0.717, 1.165) is 19.6 Å². The van der Waals surface area contributed by atoms with E-state index in [-0.39, 0.29) is 0 Å². The van der Waals surface area contributed by atoms with E-state index in [0.29, 0.717) is 6.04 Å². The van der Waals surface area contributed by atoms with E-state index in [9.17, 15) is 0 Å². The third kappa shape index (κ3) is 2.55. The zero-order valence-corrected chi connectivity index (χ0v) is 9.53. The number of aryl methyl sites for hydroxylation is 1. The summed E-state index contributed by atoms with van der Waals surface area (Å²) >= 11 is 0. The van der Waals surface area contributed by atoms with Crippen molar-refractivity contribution in [2.45, 2.75) is 25.9 Å². The molecule has 3 heteroatoms. The van der Waals surface area contributed by atoms with E-state index in [1.54, 1.807) is 0 Å². The van der Waals surface area contributed by atoms with Crippen LogP contribution >= 0.6 is 0 Å². The largest absolute Gasteiger partial charge is 0.315 e. The number of hydrogen-bond acceptors (Lipinski definition) is 3. The Balaban J connectivity index is 1.99. The first-order valence-corrected chi connectivity index (χ1v) is 5.59. The minimum absolute atomic E-state index is 0.673. The summed E-state index contributed by atoms with van der Waals surface area (Å²) in [6, 6.07) is 4.80. The summed E-state index contributed by atoms with van der Waals surface area (Å²) < 4.78 is 0. The summed E-state index contributed by atoms with van der Waals surface area (Å²) in [6.07, 6.45) is 3.13. The summed E-state index contributed by atoms with van der Waals surface area (Å²) in [4.78, 5) is 6.83. The molecule has 1 saturated heterocycles. The molecule has 0 bridgehead atoms. The Hall–Kier alpha value is -0.930. The Labute approximate surface area is 91.5 Å². The Morgan fingerprint density at radius 3 is 3.13 bits per heavy atom. The highest BCUT2D eigenvalue weighted by Crippen LogP contribution is 2.11. The van der Waals surface area contributed by atoms with Gasteiger partial charge in [-0.1, -0.05) is 6.07 Å². The van der Waals surface area contributed by atoms with Crippen molar-refractivity contribution in [2.24, 2.45) is 0 Å². The Bertz CT molecular complexity index is 318. The summed E-state index contributed by atoms with van der Waals surface area (Å²) in [6.45, 7) is 5.35. The Morgan fingerprint density at radius 1 is 1.60 bits per heavy atom. The summed E-state index contributed by atoms with van der Waals surface area (Å²) in [5, 5.41) is 3.39. The van der Waals surface area contributed by atoms with E-state index in [2.05, 4.69) is 35.2 Å². The molecule has 0 amide bonds. The number of hydrogen-bond donors (Lipinski definition) is 1. The van der Waals surface area contributed by atoms with Gasteiger partial charge in [-0.3, -0.25) is 9.88 Å². The maximum atomic E-state index is 4.43. The van der Waals surface area contributed by atoms with Gasteiger partial charge in [0, 0.05) is 25.3 Å². The van der Waals surface area contributed by atoms with Crippen LogP contribution in [0.5, 0.6) is 0 Å². The molecular weight excluding hydrogens is 186 g/mol. The maximum Gasteiger partial charge on any atom is 0.0573 e. The van der Waals surface area contributed by atoms with E-state index >= 15 is 0 Å². The summed E-state index contributed by atoms with van der Waals surface area (Å²) in [7, 11) is 2.19.